The largest absolute Gasteiger partial charge is 0.481 e. The molecule has 84 valence electrons. The van der Waals surface area contributed by atoms with E-state index in [1.54, 1.807) is 24.3 Å². The van der Waals surface area contributed by atoms with Gasteiger partial charge in [-0.15, -0.1) is 0 Å². The minimum absolute atomic E-state index is 0.0783. The van der Waals surface area contributed by atoms with E-state index >= 15 is 0 Å². The monoisotopic (exact) mass is 216 g/mol. The molecule has 2 heteroatoms. The third-order valence-electron chi connectivity index (χ3n) is 1.57. The maximum atomic E-state index is 10.1. The van der Waals surface area contributed by atoms with Crippen molar-refractivity contribution in [1.82, 2.24) is 0 Å². The Morgan fingerprint density at radius 3 is 2.19 bits per heavy atom. The van der Waals surface area contributed by atoms with Crippen LogP contribution >= 0.6 is 0 Å². The van der Waals surface area contributed by atoms with E-state index in [0.717, 1.165) is 5.56 Å². The molecule has 0 atom stereocenters. The van der Waals surface area contributed by atoms with Gasteiger partial charge in [-0.05, 0) is 5.56 Å². The molecular weight excluding hydrogens is 200 g/mol. The fraction of sp³-hybridized carbons (Fsp3) is 0.0714. The molecule has 0 heterocycles. The number of aliphatic carboxylic acids is 1. The molecule has 16 heavy (non-hydrogen) atoms. The van der Waals surface area contributed by atoms with Gasteiger partial charge in [0, 0.05) is 0 Å². The van der Waals surface area contributed by atoms with Gasteiger partial charge in [0.15, 0.2) is 0 Å². The summed E-state index contributed by atoms with van der Waals surface area (Å²) in [6.07, 6.45) is 6.79. The number of rotatable bonds is 4. The predicted molar refractivity (Wildman–Crippen MR) is 68.1 cm³/mol. The molecule has 1 aromatic rings. The van der Waals surface area contributed by atoms with Crippen LogP contribution in [0, 0.1) is 0 Å². The molecule has 1 N–H and O–H groups in total. The lowest BCUT2D eigenvalue weighted by atomic mass is 10.2. The standard InChI is InChI=1S/C10H10O2.C4H6/c11-10(12)8-4-7-9-5-2-1-3-6-9;1-3-4-2/h1-7H,8H2,(H,11,12);3-4H,1-2H2. The van der Waals surface area contributed by atoms with Gasteiger partial charge in [-0.2, -0.15) is 0 Å². The number of carboxylic acid groups (broad SMARTS) is 1. The fourth-order valence-electron chi connectivity index (χ4n) is 0.860. The maximum Gasteiger partial charge on any atom is 0.307 e. The van der Waals surface area contributed by atoms with Crippen LogP contribution < -0.4 is 0 Å². The van der Waals surface area contributed by atoms with Crippen LogP contribution in [0.1, 0.15) is 12.0 Å². The molecule has 2 nitrogen and oxygen atoms in total. The summed E-state index contributed by atoms with van der Waals surface area (Å²) in [5, 5.41) is 8.34. The quantitative estimate of drug-likeness (QED) is 0.782. The normalized spacial score (nSPS) is 9.00. The van der Waals surface area contributed by atoms with Crippen molar-refractivity contribution in [3.63, 3.8) is 0 Å². The van der Waals surface area contributed by atoms with Gasteiger partial charge < -0.3 is 5.11 Å². The van der Waals surface area contributed by atoms with E-state index in [4.69, 9.17) is 5.11 Å². The summed E-state index contributed by atoms with van der Waals surface area (Å²) in [6.45, 7) is 6.72. The fourth-order valence-corrected chi connectivity index (χ4v) is 0.860. The Morgan fingerprint density at radius 2 is 1.75 bits per heavy atom. The van der Waals surface area contributed by atoms with Crippen LogP contribution in [0.25, 0.3) is 6.08 Å². The van der Waals surface area contributed by atoms with Gasteiger partial charge in [-0.3, -0.25) is 4.79 Å². The molecule has 0 aliphatic carbocycles. The van der Waals surface area contributed by atoms with Crippen LogP contribution in [-0.2, 0) is 4.79 Å². The Bertz CT molecular complexity index is 344. The summed E-state index contributed by atoms with van der Waals surface area (Å²) in [5.41, 5.74) is 1.03. The van der Waals surface area contributed by atoms with Crippen molar-refractivity contribution in [3.8, 4) is 0 Å². The van der Waals surface area contributed by atoms with Gasteiger partial charge in [-0.1, -0.05) is 67.8 Å². The third kappa shape index (κ3) is 8.51. The first kappa shape index (κ1) is 13.9. The van der Waals surface area contributed by atoms with E-state index in [-0.39, 0.29) is 6.42 Å². The van der Waals surface area contributed by atoms with E-state index in [1.165, 1.54) is 0 Å². The van der Waals surface area contributed by atoms with Gasteiger partial charge in [0.05, 0.1) is 6.42 Å². The average Bonchev–Trinajstić information content (AvgIpc) is 2.30. The number of benzene rings is 1. The van der Waals surface area contributed by atoms with Crippen molar-refractivity contribution in [3.05, 3.63) is 67.3 Å². The molecule has 0 amide bonds. The van der Waals surface area contributed by atoms with Gasteiger partial charge in [0.1, 0.15) is 0 Å². The Kier molecular flexibility index (Phi) is 8.23. The lowest BCUT2D eigenvalue weighted by Crippen LogP contribution is -1.89. The summed E-state index contributed by atoms with van der Waals surface area (Å²) in [4.78, 5) is 10.1. The van der Waals surface area contributed by atoms with Gasteiger partial charge in [0.25, 0.3) is 0 Å². The second-order valence-electron chi connectivity index (χ2n) is 2.88. The van der Waals surface area contributed by atoms with Crippen molar-refractivity contribution in [1.29, 1.82) is 0 Å². The highest BCUT2D eigenvalue weighted by Gasteiger charge is 1.88. The molecule has 0 aliphatic heterocycles. The smallest absolute Gasteiger partial charge is 0.307 e. The highest BCUT2D eigenvalue weighted by molar-refractivity contribution is 5.70. The predicted octanol–water partition coefficient (Wildman–Crippen LogP) is 3.53. The van der Waals surface area contributed by atoms with Crippen LogP contribution in [0.3, 0.4) is 0 Å². The molecule has 0 radical (unpaired) electrons. The number of hydrogen-bond donors (Lipinski definition) is 1. The molecule has 1 rings (SSSR count). The summed E-state index contributed by atoms with van der Waals surface area (Å²) < 4.78 is 0. The molecule has 0 saturated heterocycles. The first-order chi connectivity index (χ1) is 7.70. The van der Waals surface area contributed by atoms with Crippen molar-refractivity contribution < 1.29 is 9.90 Å². The third-order valence-corrected chi connectivity index (χ3v) is 1.57. The van der Waals surface area contributed by atoms with Gasteiger partial charge in [0.2, 0.25) is 0 Å². The molecule has 0 spiro atoms. The van der Waals surface area contributed by atoms with Crippen molar-refractivity contribution in [2.24, 2.45) is 0 Å². The zero-order valence-electron chi connectivity index (χ0n) is 9.17. The zero-order chi connectivity index (χ0) is 12.2. The van der Waals surface area contributed by atoms with E-state index < -0.39 is 5.97 Å². The molecule has 0 bridgehead atoms. The first-order valence-corrected chi connectivity index (χ1v) is 4.87. The van der Waals surface area contributed by atoms with Crippen LogP contribution in [-0.4, -0.2) is 11.1 Å². The van der Waals surface area contributed by atoms with Crippen molar-refractivity contribution in [2.45, 2.75) is 6.42 Å². The minimum atomic E-state index is -0.804. The highest BCUT2D eigenvalue weighted by Crippen LogP contribution is 2.01. The molecular formula is C14H16O2. The number of allylic oxidation sites excluding steroid dienone is 2. The highest BCUT2D eigenvalue weighted by atomic mass is 16.4. The topological polar surface area (TPSA) is 37.3 Å². The van der Waals surface area contributed by atoms with Gasteiger partial charge in [-0.25, -0.2) is 0 Å². The Labute approximate surface area is 96.2 Å². The van der Waals surface area contributed by atoms with Crippen LogP contribution in [0.5, 0.6) is 0 Å². The van der Waals surface area contributed by atoms with Gasteiger partial charge >= 0.3 is 5.97 Å². The molecule has 0 saturated carbocycles. The molecule has 0 fully saturated rings. The van der Waals surface area contributed by atoms with Crippen LogP contribution in [0.15, 0.2) is 61.7 Å². The number of carbonyl (C=O) groups is 1. The average molecular weight is 216 g/mol. The minimum Gasteiger partial charge on any atom is -0.481 e. The Balaban J connectivity index is 0.000000487. The van der Waals surface area contributed by atoms with Crippen LogP contribution in [0.4, 0.5) is 0 Å². The van der Waals surface area contributed by atoms with E-state index in [2.05, 4.69) is 13.2 Å². The molecule has 0 unspecified atom stereocenters. The maximum absolute atomic E-state index is 10.1. The van der Waals surface area contributed by atoms with E-state index in [9.17, 15) is 4.79 Å². The van der Waals surface area contributed by atoms with E-state index in [1.807, 2.05) is 30.3 Å². The summed E-state index contributed by atoms with van der Waals surface area (Å²) in [5.74, 6) is -0.804. The number of carboxylic acids is 1. The zero-order valence-corrected chi connectivity index (χ0v) is 9.17. The lowest BCUT2D eigenvalue weighted by Gasteiger charge is -1.89. The molecule has 0 aromatic heterocycles. The second kappa shape index (κ2) is 9.46. The lowest BCUT2D eigenvalue weighted by molar-refractivity contribution is -0.135. The van der Waals surface area contributed by atoms with Crippen molar-refractivity contribution in [2.75, 3.05) is 0 Å². The Morgan fingerprint density at radius 1 is 1.19 bits per heavy atom. The summed E-state index contributed by atoms with van der Waals surface area (Å²) in [6, 6.07) is 9.62. The summed E-state index contributed by atoms with van der Waals surface area (Å²) in [7, 11) is 0. The van der Waals surface area contributed by atoms with E-state index in [0.29, 0.717) is 0 Å². The second-order valence-corrected chi connectivity index (χ2v) is 2.88. The first-order valence-electron chi connectivity index (χ1n) is 4.87. The van der Waals surface area contributed by atoms with Crippen molar-refractivity contribution >= 4 is 12.0 Å². The molecule has 0 aliphatic rings. The summed E-state index contributed by atoms with van der Waals surface area (Å²) >= 11 is 0. The number of hydrogen-bond acceptors (Lipinski definition) is 1. The molecule has 1 aromatic carbocycles. The SMILES string of the molecule is C=CC=C.O=C(O)CC=Cc1ccccc1. The van der Waals surface area contributed by atoms with Crippen LogP contribution in [0.2, 0.25) is 0 Å². The Hall–Kier alpha value is -2.09.